The molecule has 1 heterocycles. The normalized spacial score (nSPS) is 11.8. The number of amides is 1. The quantitative estimate of drug-likeness (QED) is 0.238. The topological polar surface area (TPSA) is 89.0 Å². The smallest absolute Gasteiger partial charge is 0.260 e. The van der Waals surface area contributed by atoms with Crippen LogP contribution in [0.15, 0.2) is 71.6 Å². The first-order valence-corrected chi connectivity index (χ1v) is 14.8. The van der Waals surface area contributed by atoms with Gasteiger partial charge in [0.15, 0.2) is 5.13 Å². The molecule has 0 aliphatic rings. The van der Waals surface area contributed by atoms with Crippen molar-refractivity contribution in [3.05, 3.63) is 89.0 Å². The first kappa shape index (κ1) is 28.8. The summed E-state index contributed by atoms with van der Waals surface area (Å²) in [5.74, 6) is -0.258. The lowest BCUT2D eigenvalue weighted by Crippen LogP contribution is -2.36. The molecule has 3 aromatic carbocycles. The summed E-state index contributed by atoms with van der Waals surface area (Å²) in [6, 6.07) is 19.9. The van der Waals surface area contributed by atoms with Crippen LogP contribution in [-0.4, -0.2) is 64.1 Å². The average Bonchev–Trinajstić information content (AvgIpc) is 3.36. The Morgan fingerprint density at radius 2 is 1.56 bits per heavy atom. The van der Waals surface area contributed by atoms with Crippen LogP contribution in [0, 0.1) is 13.8 Å². The first-order valence-electron chi connectivity index (χ1n) is 12.6. The first-order chi connectivity index (χ1) is 18.7. The van der Waals surface area contributed by atoms with Crippen molar-refractivity contribution in [2.45, 2.75) is 25.3 Å². The minimum atomic E-state index is -3.80. The Hall–Kier alpha value is -3.15. The molecule has 4 rings (SSSR count). The summed E-state index contributed by atoms with van der Waals surface area (Å²) < 4.78 is 39.1. The van der Waals surface area contributed by atoms with Gasteiger partial charge in [-0.1, -0.05) is 47.7 Å². The second-order valence-corrected chi connectivity index (χ2v) is 12.2. The van der Waals surface area contributed by atoms with Gasteiger partial charge < -0.3 is 9.47 Å². The van der Waals surface area contributed by atoms with Crippen LogP contribution in [0.25, 0.3) is 10.2 Å². The number of ether oxygens (including phenoxy) is 2. The molecule has 4 aromatic rings. The van der Waals surface area contributed by atoms with Crippen molar-refractivity contribution in [1.82, 2.24) is 9.29 Å². The Balaban J connectivity index is 1.67. The van der Waals surface area contributed by atoms with Gasteiger partial charge in [-0.15, -0.1) is 0 Å². The number of sulfonamides is 1. The predicted octanol–water partition coefficient (Wildman–Crippen LogP) is 5.04. The highest BCUT2D eigenvalue weighted by Gasteiger charge is 2.26. The second-order valence-electron chi connectivity index (χ2n) is 9.22. The SMILES string of the molecule is COCCN(CCOC)S(=O)(=O)c1ccc(C(=O)N(Cc2ccccc2)c2nc3c(C)cc(C)cc3s2)cc1. The molecule has 0 aliphatic carbocycles. The number of hydrogen-bond donors (Lipinski definition) is 0. The van der Waals surface area contributed by atoms with Gasteiger partial charge in [0.25, 0.3) is 5.91 Å². The van der Waals surface area contributed by atoms with Gasteiger partial charge in [-0.3, -0.25) is 9.69 Å². The van der Waals surface area contributed by atoms with Crippen molar-refractivity contribution >= 4 is 42.6 Å². The third kappa shape index (κ3) is 6.71. The summed E-state index contributed by atoms with van der Waals surface area (Å²) in [6.07, 6.45) is 0. The molecule has 0 aliphatic heterocycles. The number of anilines is 1. The van der Waals surface area contributed by atoms with E-state index >= 15 is 0 Å². The van der Waals surface area contributed by atoms with Gasteiger partial charge in [0, 0.05) is 32.9 Å². The Kier molecular flexibility index (Phi) is 9.47. The standard InChI is InChI=1S/C29H33N3O5S2/c1-21-18-22(2)27-26(19-21)38-29(30-27)32(20-23-8-6-5-7-9-23)28(33)24-10-12-25(13-11-24)39(34,35)31(14-16-36-3)15-17-37-4/h5-13,18-19H,14-17,20H2,1-4H3. The molecule has 0 fully saturated rings. The fourth-order valence-corrected chi connectivity index (χ4v) is 6.83. The van der Waals surface area contributed by atoms with E-state index in [4.69, 9.17) is 14.5 Å². The molecular formula is C29H33N3O5S2. The van der Waals surface area contributed by atoms with Crippen molar-refractivity contribution in [2.75, 3.05) is 45.4 Å². The Labute approximate surface area is 233 Å². The number of rotatable bonds is 12. The van der Waals surface area contributed by atoms with E-state index in [0.717, 1.165) is 26.9 Å². The van der Waals surface area contributed by atoms with Crippen LogP contribution in [0.5, 0.6) is 0 Å². The lowest BCUT2D eigenvalue weighted by Gasteiger charge is -2.22. The number of benzene rings is 3. The third-order valence-electron chi connectivity index (χ3n) is 6.31. The number of methoxy groups -OCH3 is 2. The van der Waals surface area contributed by atoms with Crippen LogP contribution in [0.2, 0.25) is 0 Å². The molecule has 0 bridgehead atoms. The minimum absolute atomic E-state index is 0.104. The number of carbonyl (C=O) groups excluding carboxylic acids is 1. The molecule has 0 saturated heterocycles. The van der Waals surface area contributed by atoms with Gasteiger partial charge >= 0.3 is 0 Å². The minimum Gasteiger partial charge on any atom is -0.383 e. The van der Waals surface area contributed by atoms with E-state index in [1.807, 2.05) is 44.2 Å². The number of nitrogens with zero attached hydrogens (tertiary/aromatic N) is 3. The lowest BCUT2D eigenvalue weighted by atomic mass is 10.1. The highest BCUT2D eigenvalue weighted by Crippen LogP contribution is 2.33. The van der Waals surface area contributed by atoms with Gasteiger partial charge in [-0.25, -0.2) is 13.4 Å². The number of fused-ring (bicyclic) bond motifs is 1. The monoisotopic (exact) mass is 567 g/mol. The Morgan fingerprint density at radius 1 is 0.923 bits per heavy atom. The molecule has 0 N–H and O–H groups in total. The summed E-state index contributed by atoms with van der Waals surface area (Å²) >= 11 is 1.47. The molecule has 0 radical (unpaired) electrons. The molecule has 206 valence electrons. The van der Waals surface area contributed by atoms with Gasteiger partial charge in [0.2, 0.25) is 10.0 Å². The zero-order valence-corrected chi connectivity index (χ0v) is 24.2. The zero-order valence-electron chi connectivity index (χ0n) is 22.6. The maximum absolute atomic E-state index is 13.9. The van der Waals surface area contributed by atoms with Crippen LogP contribution in [0.1, 0.15) is 27.0 Å². The van der Waals surface area contributed by atoms with Crippen molar-refractivity contribution < 1.29 is 22.7 Å². The van der Waals surface area contributed by atoms with E-state index in [0.29, 0.717) is 17.2 Å². The lowest BCUT2D eigenvalue weighted by molar-refractivity contribution is 0.0985. The van der Waals surface area contributed by atoms with Gasteiger partial charge in [-0.2, -0.15) is 4.31 Å². The number of aromatic nitrogens is 1. The molecule has 1 amide bonds. The molecule has 8 nitrogen and oxygen atoms in total. The van der Waals surface area contributed by atoms with Crippen molar-refractivity contribution in [3.8, 4) is 0 Å². The predicted molar refractivity (Wildman–Crippen MR) is 155 cm³/mol. The number of hydrogen-bond acceptors (Lipinski definition) is 7. The zero-order chi connectivity index (χ0) is 28.0. The van der Waals surface area contributed by atoms with E-state index in [1.54, 1.807) is 17.0 Å². The Bertz CT molecular complexity index is 1510. The molecule has 0 saturated carbocycles. The Morgan fingerprint density at radius 3 is 2.18 bits per heavy atom. The van der Waals surface area contributed by atoms with Crippen LogP contribution >= 0.6 is 11.3 Å². The van der Waals surface area contributed by atoms with Crippen LogP contribution in [0.3, 0.4) is 0 Å². The number of thiazole rings is 1. The molecule has 10 heteroatoms. The maximum Gasteiger partial charge on any atom is 0.260 e. The summed E-state index contributed by atoms with van der Waals surface area (Å²) in [5.41, 5.74) is 4.40. The number of aryl methyl sites for hydroxylation is 2. The number of carbonyl (C=O) groups is 1. The summed E-state index contributed by atoms with van der Waals surface area (Å²) in [5, 5.41) is 0.592. The molecule has 0 unspecified atom stereocenters. The van der Waals surface area contributed by atoms with Crippen LogP contribution in [0.4, 0.5) is 5.13 Å². The molecule has 0 spiro atoms. The third-order valence-corrected chi connectivity index (χ3v) is 9.25. The van der Waals surface area contributed by atoms with Crippen LogP contribution in [-0.2, 0) is 26.0 Å². The highest BCUT2D eigenvalue weighted by molar-refractivity contribution is 7.89. The fourth-order valence-electron chi connectivity index (χ4n) is 4.28. The summed E-state index contributed by atoms with van der Waals surface area (Å²) in [4.78, 5) is 20.4. The van der Waals surface area contributed by atoms with E-state index < -0.39 is 10.0 Å². The van der Waals surface area contributed by atoms with Crippen molar-refractivity contribution in [3.63, 3.8) is 0 Å². The summed E-state index contributed by atoms with van der Waals surface area (Å²) in [7, 11) is -0.748. The largest absolute Gasteiger partial charge is 0.383 e. The highest BCUT2D eigenvalue weighted by atomic mass is 32.2. The summed E-state index contributed by atoms with van der Waals surface area (Å²) in [6.45, 7) is 5.31. The van der Waals surface area contributed by atoms with Crippen molar-refractivity contribution in [2.24, 2.45) is 0 Å². The maximum atomic E-state index is 13.9. The second kappa shape index (κ2) is 12.8. The van der Waals surface area contributed by atoms with E-state index in [-0.39, 0.29) is 37.1 Å². The van der Waals surface area contributed by atoms with Crippen molar-refractivity contribution in [1.29, 1.82) is 0 Å². The molecule has 1 aromatic heterocycles. The average molecular weight is 568 g/mol. The van der Waals surface area contributed by atoms with Crippen LogP contribution < -0.4 is 4.90 Å². The van der Waals surface area contributed by atoms with E-state index in [9.17, 15) is 13.2 Å². The molecular weight excluding hydrogens is 534 g/mol. The molecule has 39 heavy (non-hydrogen) atoms. The van der Waals surface area contributed by atoms with E-state index in [2.05, 4.69) is 12.1 Å². The molecule has 0 atom stereocenters. The van der Waals surface area contributed by atoms with Gasteiger partial charge in [0.05, 0.1) is 34.9 Å². The van der Waals surface area contributed by atoms with Gasteiger partial charge in [-0.05, 0) is 60.9 Å². The fraction of sp³-hybridized carbons (Fsp3) is 0.310. The van der Waals surface area contributed by atoms with E-state index in [1.165, 1.54) is 42.0 Å². The van der Waals surface area contributed by atoms with Gasteiger partial charge in [0.1, 0.15) is 0 Å².